The number of halogens is 3. The first-order chi connectivity index (χ1) is 14.1. The molecule has 1 amide bonds. The van der Waals surface area contributed by atoms with Gasteiger partial charge in [0.1, 0.15) is 5.82 Å². The van der Waals surface area contributed by atoms with Crippen molar-refractivity contribution in [1.82, 2.24) is 10.3 Å². The Morgan fingerprint density at radius 2 is 1.81 bits per heavy atom. The molecule has 0 aliphatic heterocycles. The molecule has 0 saturated heterocycles. The molecule has 1 aromatic carbocycles. The number of nitrogens with two attached hydrogens (primary N) is 1. The number of hydrogen-bond donors (Lipinski definition) is 3. The number of carbonyl (C=O) groups excluding carboxylic acids is 1. The van der Waals surface area contributed by atoms with Crippen molar-refractivity contribution in [2.24, 2.45) is 11.7 Å². The van der Waals surface area contributed by atoms with E-state index in [1.807, 2.05) is 27.7 Å². The molecule has 2 aromatic rings. The molecule has 180 valence electrons. The first kappa shape index (κ1) is 30.3. The van der Waals surface area contributed by atoms with Crippen molar-refractivity contribution in [2.75, 3.05) is 0 Å². The molecule has 0 aliphatic carbocycles. The van der Waals surface area contributed by atoms with Gasteiger partial charge in [0.25, 0.3) is 5.91 Å². The summed E-state index contributed by atoms with van der Waals surface area (Å²) >= 11 is 0. The Balaban J connectivity index is 0.00000480. The standard InChI is InChI=1S/C24H34FN3O2.2ClH/c1-5-16(14-22(29)20(26)15-17-9-6-7-11-19(17)25)13-21-18(10-8-12-27-21)23(30)28-24(2,3)4;;/h6-12,16,20,22,29H,5,13-15,26H2,1-4H3,(H,28,30);2*1H/t16?,20-,22+;;/m1../s1. The van der Waals surface area contributed by atoms with Crippen molar-refractivity contribution in [3.63, 3.8) is 0 Å². The Labute approximate surface area is 203 Å². The van der Waals surface area contributed by atoms with E-state index in [1.54, 1.807) is 36.5 Å². The van der Waals surface area contributed by atoms with Crippen LogP contribution in [0.5, 0.6) is 0 Å². The lowest BCUT2D eigenvalue weighted by Gasteiger charge is -2.25. The van der Waals surface area contributed by atoms with E-state index in [0.717, 1.165) is 6.42 Å². The Morgan fingerprint density at radius 3 is 2.41 bits per heavy atom. The van der Waals surface area contributed by atoms with E-state index in [4.69, 9.17) is 5.73 Å². The van der Waals surface area contributed by atoms with Crippen molar-refractivity contribution in [2.45, 2.75) is 71.1 Å². The smallest absolute Gasteiger partial charge is 0.253 e. The Kier molecular flexibility index (Phi) is 13.0. The number of pyridine rings is 1. The monoisotopic (exact) mass is 487 g/mol. The third-order valence-corrected chi connectivity index (χ3v) is 5.17. The first-order valence-electron chi connectivity index (χ1n) is 10.5. The highest BCUT2D eigenvalue weighted by Gasteiger charge is 2.24. The number of rotatable bonds is 9. The number of benzene rings is 1. The maximum absolute atomic E-state index is 13.9. The van der Waals surface area contributed by atoms with E-state index in [1.165, 1.54) is 6.07 Å². The van der Waals surface area contributed by atoms with E-state index < -0.39 is 12.1 Å². The fourth-order valence-corrected chi connectivity index (χ4v) is 3.45. The van der Waals surface area contributed by atoms with Gasteiger partial charge in [0.15, 0.2) is 0 Å². The van der Waals surface area contributed by atoms with Crippen LogP contribution in [0, 0.1) is 11.7 Å². The number of amides is 1. The van der Waals surface area contributed by atoms with Crippen molar-refractivity contribution in [1.29, 1.82) is 0 Å². The predicted octanol–water partition coefficient (Wildman–Crippen LogP) is 4.48. The topological polar surface area (TPSA) is 88.2 Å². The molecule has 2 rings (SSSR count). The molecule has 0 bridgehead atoms. The van der Waals surface area contributed by atoms with Gasteiger partial charge in [0.05, 0.1) is 17.4 Å². The SMILES string of the molecule is CCC(Cc1ncccc1C(=O)NC(C)(C)C)C[C@H](O)[C@H](N)Cc1ccccc1F.Cl.Cl. The molecule has 5 nitrogen and oxygen atoms in total. The lowest BCUT2D eigenvalue weighted by Crippen LogP contribution is -2.41. The van der Waals surface area contributed by atoms with Crippen LogP contribution in [0.3, 0.4) is 0 Å². The molecule has 0 aliphatic rings. The number of nitrogens with one attached hydrogen (secondary N) is 1. The second-order valence-electron chi connectivity index (χ2n) is 8.94. The van der Waals surface area contributed by atoms with Crippen LogP contribution in [-0.4, -0.2) is 33.7 Å². The largest absolute Gasteiger partial charge is 0.391 e. The number of aliphatic hydroxyl groups excluding tert-OH is 1. The lowest BCUT2D eigenvalue weighted by atomic mass is 9.88. The van der Waals surface area contributed by atoms with Crippen LogP contribution in [0.15, 0.2) is 42.6 Å². The van der Waals surface area contributed by atoms with Crippen molar-refractivity contribution >= 4 is 30.7 Å². The van der Waals surface area contributed by atoms with E-state index >= 15 is 0 Å². The van der Waals surface area contributed by atoms with Crippen molar-refractivity contribution in [3.05, 3.63) is 65.2 Å². The van der Waals surface area contributed by atoms with Crippen LogP contribution in [0.4, 0.5) is 4.39 Å². The molecule has 0 fully saturated rings. The molecule has 8 heteroatoms. The van der Waals surface area contributed by atoms with Gasteiger partial charge >= 0.3 is 0 Å². The summed E-state index contributed by atoms with van der Waals surface area (Å²) in [5.41, 5.74) is 7.59. The molecule has 3 atom stereocenters. The van der Waals surface area contributed by atoms with Crippen molar-refractivity contribution in [3.8, 4) is 0 Å². The first-order valence-corrected chi connectivity index (χ1v) is 10.5. The molecular formula is C24H36Cl2FN3O2. The molecule has 1 heterocycles. The van der Waals surface area contributed by atoms with Crippen LogP contribution in [0.1, 0.15) is 62.2 Å². The number of hydrogen-bond acceptors (Lipinski definition) is 4. The van der Waals surface area contributed by atoms with Gasteiger partial charge in [-0.25, -0.2) is 4.39 Å². The zero-order valence-corrected chi connectivity index (χ0v) is 20.8. The van der Waals surface area contributed by atoms with E-state index in [-0.39, 0.29) is 54.4 Å². The average molecular weight is 488 g/mol. The maximum atomic E-state index is 13.9. The summed E-state index contributed by atoms with van der Waals surface area (Å²) in [5, 5.41) is 13.6. The minimum Gasteiger partial charge on any atom is -0.391 e. The van der Waals surface area contributed by atoms with E-state index in [9.17, 15) is 14.3 Å². The quantitative estimate of drug-likeness (QED) is 0.486. The Bertz CT molecular complexity index is 846. The average Bonchev–Trinajstić information content (AvgIpc) is 2.68. The highest BCUT2D eigenvalue weighted by molar-refractivity contribution is 5.95. The van der Waals surface area contributed by atoms with Gasteiger partial charge < -0.3 is 16.2 Å². The van der Waals surface area contributed by atoms with Gasteiger partial charge in [-0.1, -0.05) is 31.5 Å². The molecule has 32 heavy (non-hydrogen) atoms. The highest BCUT2D eigenvalue weighted by atomic mass is 35.5. The van der Waals surface area contributed by atoms with Gasteiger partial charge in [-0.05, 0) is 69.7 Å². The third kappa shape index (κ3) is 9.41. The highest BCUT2D eigenvalue weighted by Crippen LogP contribution is 2.21. The fraction of sp³-hybridized carbons (Fsp3) is 0.500. The molecular weight excluding hydrogens is 452 g/mol. The summed E-state index contributed by atoms with van der Waals surface area (Å²) < 4.78 is 13.9. The van der Waals surface area contributed by atoms with Crippen LogP contribution in [-0.2, 0) is 12.8 Å². The van der Waals surface area contributed by atoms with Crippen LogP contribution < -0.4 is 11.1 Å². The summed E-state index contributed by atoms with van der Waals surface area (Å²) in [6, 6.07) is 9.44. The third-order valence-electron chi connectivity index (χ3n) is 5.17. The van der Waals surface area contributed by atoms with Gasteiger partial charge in [0.2, 0.25) is 0 Å². The second kappa shape index (κ2) is 13.7. The zero-order chi connectivity index (χ0) is 22.3. The fourth-order valence-electron chi connectivity index (χ4n) is 3.45. The Morgan fingerprint density at radius 1 is 1.16 bits per heavy atom. The van der Waals surface area contributed by atoms with Gasteiger partial charge in [-0.3, -0.25) is 9.78 Å². The van der Waals surface area contributed by atoms with Gasteiger partial charge in [-0.15, -0.1) is 24.8 Å². The second-order valence-corrected chi connectivity index (χ2v) is 8.94. The zero-order valence-electron chi connectivity index (χ0n) is 19.2. The molecule has 0 spiro atoms. The van der Waals surface area contributed by atoms with Crippen LogP contribution >= 0.6 is 24.8 Å². The summed E-state index contributed by atoms with van der Waals surface area (Å²) in [5.74, 6) is -0.366. The minimum atomic E-state index is -0.773. The molecule has 0 radical (unpaired) electrons. The molecule has 1 aromatic heterocycles. The van der Waals surface area contributed by atoms with Gasteiger partial charge in [0, 0.05) is 17.8 Å². The van der Waals surface area contributed by atoms with Crippen LogP contribution in [0.2, 0.25) is 0 Å². The molecule has 0 saturated carbocycles. The van der Waals surface area contributed by atoms with Gasteiger partial charge in [-0.2, -0.15) is 0 Å². The minimum absolute atomic E-state index is 0. The lowest BCUT2D eigenvalue weighted by molar-refractivity contribution is 0.0917. The normalized spacial score (nSPS) is 13.8. The van der Waals surface area contributed by atoms with Crippen LogP contribution in [0.25, 0.3) is 0 Å². The molecule has 1 unspecified atom stereocenters. The number of aromatic nitrogens is 1. The summed E-state index contributed by atoms with van der Waals surface area (Å²) in [6.45, 7) is 7.84. The molecule has 4 N–H and O–H groups in total. The summed E-state index contributed by atoms with van der Waals surface area (Å²) in [6.07, 6.45) is 3.01. The van der Waals surface area contributed by atoms with Crippen molar-refractivity contribution < 1.29 is 14.3 Å². The maximum Gasteiger partial charge on any atom is 0.253 e. The van der Waals surface area contributed by atoms with E-state index in [0.29, 0.717) is 29.7 Å². The number of nitrogens with zero attached hydrogens (tertiary/aromatic N) is 1. The van der Waals surface area contributed by atoms with E-state index in [2.05, 4.69) is 10.3 Å². The number of aliphatic hydroxyl groups is 1. The summed E-state index contributed by atoms with van der Waals surface area (Å²) in [7, 11) is 0. The predicted molar refractivity (Wildman–Crippen MR) is 132 cm³/mol. The summed E-state index contributed by atoms with van der Waals surface area (Å²) in [4.78, 5) is 17.1. The Hall–Kier alpha value is -1.73. The number of carbonyl (C=O) groups is 1.